The predicted octanol–water partition coefficient (Wildman–Crippen LogP) is 5.29. The Bertz CT molecular complexity index is 965. The molecular weight excluding hydrogens is 368 g/mol. The van der Waals surface area contributed by atoms with Crippen LogP contribution < -0.4 is 9.64 Å². The second-order valence-electron chi connectivity index (χ2n) is 8.55. The van der Waals surface area contributed by atoms with Crippen molar-refractivity contribution in [2.75, 3.05) is 44.7 Å². The summed E-state index contributed by atoms with van der Waals surface area (Å²) in [5.74, 6) is 2.56. The van der Waals surface area contributed by atoms with E-state index in [-0.39, 0.29) is 0 Å². The molecular formula is C27H30N2O. The third-order valence-electron chi connectivity index (χ3n) is 6.65. The van der Waals surface area contributed by atoms with Crippen molar-refractivity contribution >= 4 is 5.69 Å². The van der Waals surface area contributed by atoms with Gasteiger partial charge in [0.2, 0.25) is 0 Å². The van der Waals surface area contributed by atoms with Gasteiger partial charge in [0.25, 0.3) is 0 Å². The molecule has 0 amide bonds. The van der Waals surface area contributed by atoms with Crippen LogP contribution in [-0.2, 0) is 0 Å². The molecule has 0 N–H and O–H groups in total. The summed E-state index contributed by atoms with van der Waals surface area (Å²) in [6.07, 6.45) is 1.35. The molecule has 1 heterocycles. The zero-order chi connectivity index (χ0) is 20.3. The van der Waals surface area contributed by atoms with E-state index in [4.69, 9.17) is 4.74 Å². The van der Waals surface area contributed by atoms with E-state index in [1.807, 2.05) is 6.07 Å². The van der Waals surface area contributed by atoms with E-state index in [9.17, 15) is 0 Å². The van der Waals surface area contributed by atoms with Crippen molar-refractivity contribution in [2.24, 2.45) is 5.92 Å². The second kappa shape index (κ2) is 8.53. The van der Waals surface area contributed by atoms with Crippen LogP contribution in [0.3, 0.4) is 0 Å². The summed E-state index contributed by atoms with van der Waals surface area (Å²) in [4.78, 5) is 5.15. The van der Waals surface area contributed by atoms with Gasteiger partial charge in [0.05, 0.1) is 7.11 Å². The van der Waals surface area contributed by atoms with Crippen molar-refractivity contribution in [3.05, 3.63) is 84.4 Å². The summed E-state index contributed by atoms with van der Waals surface area (Å²) < 4.78 is 5.73. The van der Waals surface area contributed by atoms with E-state index in [0.717, 1.165) is 49.3 Å². The quantitative estimate of drug-likeness (QED) is 0.561. The first-order valence-corrected chi connectivity index (χ1v) is 11.1. The maximum Gasteiger partial charge on any atom is 0.128 e. The molecule has 0 aromatic heterocycles. The fourth-order valence-electron chi connectivity index (χ4n) is 4.81. The molecule has 1 aliphatic heterocycles. The third kappa shape index (κ3) is 4.08. The Kier molecular flexibility index (Phi) is 5.46. The van der Waals surface area contributed by atoms with Gasteiger partial charge in [-0.3, -0.25) is 4.90 Å². The van der Waals surface area contributed by atoms with Crippen LogP contribution in [0, 0.1) is 5.92 Å². The van der Waals surface area contributed by atoms with Gasteiger partial charge in [-0.1, -0.05) is 60.7 Å². The molecule has 3 nitrogen and oxygen atoms in total. The number of methoxy groups -OCH3 is 1. The van der Waals surface area contributed by atoms with E-state index in [2.05, 4.69) is 82.6 Å². The van der Waals surface area contributed by atoms with Crippen molar-refractivity contribution < 1.29 is 4.74 Å². The number of anilines is 1. The van der Waals surface area contributed by atoms with E-state index < -0.39 is 0 Å². The molecule has 3 aromatic rings. The SMILES string of the molecule is COc1cc(N2CCN(C[C@@H]3C[C@H]3c3ccccc3)CC2)ccc1-c1ccccc1. The van der Waals surface area contributed by atoms with Crippen LogP contribution in [0.5, 0.6) is 5.75 Å². The van der Waals surface area contributed by atoms with E-state index in [1.54, 1.807) is 7.11 Å². The number of piperazine rings is 1. The van der Waals surface area contributed by atoms with Crippen molar-refractivity contribution in [3.8, 4) is 16.9 Å². The Morgan fingerprint density at radius 1 is 0.833 bits per heavy atom. The molecule has 2 atom stereocenters. The number of ether oxygens (including phenoxy) is 1. The van der Waals surface area contributed by atoms with Gasteiger partial charge in [0, 0.05) is 50.0 Å². The van der Waals surface area contributed by atoms with E-state index in [1.165, 1.54) is 29.8 Å². The highest BCUT2D eigenvalue weighted by Crippen LogP contribution is 2.47. The van der Waals surface area contributed by atoms with Crippen LogP contribution >= 0.6 is 0 Å². The number of hydrogen-bond acceptors (Lipinski definition) is 3. The van der Waals surface area contributed by atoms with E-state index >= 15 is 0 Å². The average Bonchev–Trinajstić information content (AvgIpc) is 3.59. The minimum absolute atomic E-state index is 0.777. The van der Waals surface area contributed by atoms with Crippen LogP contribution in [0.4, 0.5) is 5.69 Å². The molecule has 0 spiro atoms. The first-order valence-electron chi connectivity index (χ1n) is 11.1. The molecule has 154 valence electrons. The van der Waals surface area contributed by atoms with Crippen LogP contribution in [0.25, 0.3) is 11.1 Å². The highest BCUT2D eigenvalue weighted by molar-refractivity contribution is 5.73. The summed E-state index contributed by atoms with van der Waals surface area (Å²) >= 11 is 0. The highest BCUT2D eigenvalue weighted by Gasteiger charge is 2.39. The zero-order valence-corrected chi connectivity index (χ0v) is 17.7. The van der Waals surface area contributed by atoms with Gasteiger partial charge in [-0.25, -0.2) is 0 Å². The maximum atomic E-state index is 5.73. The van der Waals surface area contributed by atoms with Crippen LogP contribution in [-0.4, -0.2) is 44.7 Å². The topological polar surface area (TPSA) is 15.7 Å². The lowest BCUT2D eigenvalue weighted by Crippen LogP contribution is -2.47. The minimum atomic E-state index is 0.777. The Morgan fingerprint density at radius 2 is 1.53 bits per heavy atom. The fraction of sp³-hybridized carbons (Fsp3) is 0.333. The van der Waals surface area contributed by atoms with Crippen molar-refractivity contribution in [2.45, 2.75) is 12.3 Å². The molecule has 0 bridgehead atoms. The summed E-state index contributed by atoms with van der Waals surface area (Å²) in [6, 6.07) is 28.1. The molecule has 2 fully saturated rings. The molecule has 2 aliphatic rings. The van der Waals surface area contributed by atoms with Crippen molar-refractivity contribution in [1.29, 1.82) is 0 Å². The average molecular weight is 399 g/mol. The number of rotatable bonds is 6. The van der Waals surface area contributed by atoms with Crippen molar-refractivity contribution in [3.63, 3.8) is 0 Å². The normalized spacial score (nSPS) is 21.4. The zero-order valence-electron chi connectivity index (χ0n) is 17.7. The smallest absolute Gasteiger partial charge is 0.128 e. The molecule has 3 aromatic carbocycles. The Hall–Kier alpha value is -2.78. The third-order valence-corrected chi connectivity index (χ3v) is 6.65. The monoisotopic (exact) mass is 398 g/mol. The van der Waals surface area contributed by atoms with Gasteiger partial charge < -0.3 is 9.64 Å². The Labute approximate surface area is 179 Å². The molecule has 5 rings (SSSR count). The highest BCUT2D eigenvalue weighted by atomic mass is 16.5. The molecule has 0 radical (unpaired) electrons. The standard InChI is InChI=1S/C27H30N2O/c1-30-27-19-24(12-13-25(27)21-8-4-2-5-9-21)29-16-14-28(15-17-29)20-23-18-26(23)22-10-6-3-7-11-22/h2-13,19,23,26H,14-18,20H2,1H3/t23-,26-/m0/s1. The number of hydrogen-bond donors (Lipinski definition) is 0. The van der Waals surface area contributed by atoms with Gasteiger partial charge in [-0.05, 0) is 41.5 Å². The lowest BCUT2D eigenvalue weighted by atomic mass is 10.0. The molecule has 1 saturated heterocycles. The number of nitrogens with zero attached hydrogens (tertiary/aromatic N) is 2. The van der Waals surface area contributed by atoms with Gasteiger partial charge in [0.1, 0.15) is 5.75 Å². The molecule has 30 heavy (non-hydrogen) atoms. The first kappa shape index (κ1) is 19.2. The summed E-state index contributed by atoms with van der Waals surface area (Å²) in [7, 11) is 1.77. The number of benzene rings is 3. The van der Waals surface area contributed by atoms with Crippen LogP contribution in [0.2, 0.25) is 0 Å². The minimum Gasteiger partial charge on any atom is -0.496 e. The Balaban J connectivity index is 1.19. The van der Waals surface area contributed by atoms with Crippen LogP contribution in [0.1, 0.15) is 17.9 Å². The second-order valence-corrected chi connectivity index (χ2v) is 8.55. The summed E-state index contributed by atoms with van der Waals surface area (Å²) in [5, 5.41) is 0. The summed E-state index contributed by atoms with van der Waals surface area (Å²) in [6.45, 7) is 5.68. The Morgan fingerprint density at radius 3 is 2.23 bits per heavy atom. The predicted molar refractivity (Wildman–Crippen MR) is 124 cm³/mol. The van der Waals surface area contributed by atoms with Crippen molar-refractivity contribution in [1.82, 2.24) is 4.90 Å². The lowest BCUT2D eigenvalue weighted by molar-refractivity contribution is 0.246. The molecule has 1 saturated carbocycles. The van der Waals surface area contributed by atoms with Crippen LogP contribution in [0.15, 0.2) is 78.9 Å². The largest absolute Gasteiger partial charge is 0.496 e. The first-order chi connectivity index (χ1) is 14.8. The van der Waals surface area contributed by atoms with Gasteiger partial charge >= 0.3 is 0 Å². The molecule has 0 unspecified atom stereocenters. The van der Waals surface area contributed by atoms with Gasteiger partial charge in [-0.15, -0.1) is 0 Å². The maximum absolute atomic E-state index is 5.73. The van der Waals surface area contributed by atoms with Gasteiger partial charge in [-0.2, -0.15) is 0 Å². The summed E-state index contributed by atoms with van der Waals surface area (Å²) in [5.41, 5.74) is 5.13. The van der Waals surface area contributed by atoms with E-state index in [0.29, 0.717) is 0 Å². The lowest BCUT2D eigenvalue weighted by Gasteiger charge is -2.36. The fourth-order valence-corrected chi connectivity index (χ4v) is 4.81. The molecule has 1 aliphatic carbocycles. The molecule has 3 heteroatoms. The van der Waals surface area contributed by atoms with Gasteiger partial charge in [0.15, 0.2) is 0 Å².